The SMILES string of the molecule is CCCn1nc(C(F)(F)F)c(CS(=O)(=O)C2=NOC(C)(C)C2)c1OCC(F)F. The van der Waals surface area contributed by atoms with Gasteiger partial charge in [0.1, 0.15) is 5.60 Å². The Morgan fingerprint density at radius 3 is 2.43 bits per heavy atom. The van der Waals surface area contributed by atoms with E-state index in [-0.39, 0.29) is 13.0 Å². The fraction of sp³-hybridized carbons (Fsp3) is 0.733. The molecule has 160 valence electrons. The standard InChI is InChI=1S/C15H20F5N3O4S/c1-4-5-23-13(26-7-10(16)17)9(12(21-23)15(18,19)20)8-28(24,25)11-6-14(2,3)27-22-11/h10H,4-8H2,1-3H3. The van der Waals surface area contributed by atoms with Crippen molar-refractivity contribution >= 4 is 14.9 Å². The predicted molar refractivity (Wildman–Crippen MR) is 88.9 cm³/mol. The lowest BCUT2D eigenvalue weighted by atomic mass is 10.1. The van der Waals surface area contributed by atoms with Crippen molar-refractivity contribution in [1.29, 1.82) is 0 Å². The van der Waals surface area contributed by atoms with E-state index in [1.807, 2.05) is 0 Å². The molecular formula is C15H20F5N3O4S. The molecule has 0 atom stereocenters. The summed E-state index contributed by atoms with van der Waals surface area (Å²) in [6, 6.07) is 0. The van der Waals surface area contributed by atoms with Gasteiger partial charge in [-0.2, -0.15) is 18.3 Å². The number of aryl methyl sites for hydroxylation is 1. The zero-order chi connectivity index (χ0) is 21.3. The summed E-state index contributed by atoms with van der Waals surface area (Å²) in [4.78, 5) is 4.96. The van der Waals surface area contributed by atoms with E-state index in [0.717, 1.165) is 4.68 Å². The summed E-state index contributed by atoms with van der Waals surface area (Å²) in [6.45, 7) is 3.50. The lowest BCUT2D eigenvalue weighted by Crippen LogP contribution is -2.24. The van der Waals surface area contributed by atoms with Crippen molar-refractivity contribution in [3.05, 3.63) is 11.3 Å². The maximum Gasteiger partial charge on any atom is 0.435 e. The Labute approximate surface area is 158 Å². The highest BCUT2D eigenvalue weighted by molar-refractivity contribution is 8.05. The fourth-order valence-corrected chi connectivity index (χ4v) is 4.08. The van der Waals surface area contributed by atoms with Crippen molar-refractivity contribution in [1.82, 2.24) is 9.78 Å². The number of sulfone groups is 1. The molecule has 0 fully saturated rings. The Hall–Kier alpha value is -1.92. The second kappa shape index (κ2) is 7.84. The number of ether oxygens (including phenoxy) is 1. The monoisotopic (exact) mass is 433 g/mol. The van der Waals surface area contributed by atoms with Crippen LogP contribution in [0.3, 0.4) is 0 Å². The summed E-state index contributed by atoms with van der Waals surface area (Å²) < 4.78 is 96.2. The third-order valence-corrected chi connectivity index (χ3v) is 5.32. The van der Waals surface area contributed by atoms with Crippen molar-refractivity contribution in [2.45, 2.75) is 64.1 Å². The highest BCUT2D eigenvalue weighted by Gasteiger charge is 2.43. The van der Waals surface area contributed by atoms with Crippen LogP contribution in [0.25, 0.3) is 0 Å². The van der Waals surface area contributed by atoms with Gasteiger partial charge >= 0.3 is 6.18 Å². The summed E-state index contributed by atoms with van der Waals surface area (Å²) in [7, 11) is -4.33. The highest BCUT2D eigenvalue weighted by Crippen LogP contribution is 2.38. The fourth-order valence-electron chi connectivity index (χ4n) is 2.55. The molecule has 28 heavy (non-hydrogen) atoms. The Bertz CT molecular complexity index is 847. The molecule has 0 amide bonds. The molecule has 13 heteroatoms. The summed E-state index contributed by atoms with van der Waals surface area (Å²) in [5.74, 6) is -1.79. The van der Waals surface area contributed by atoms with Gasteiger partial charge in [-0.05, 0) is 20.3 Å². The van der Waals surface area contributed by atoms with Crippen LogP contribution in [0.5, 0.6) is 5.88 Å². The Morgan fingerprint density at radius 2 is 1.96 bits per heavy atom. The van der Waals surface area contributed by atoms with Gasteiger partial charge in [0.2, 0.25) is 5.88 Å². The van der Waals surface area contributed by atoms with Crippen LogP contribution in [-0.4, -0.2) is 41.9 Å². The number of rotatable bonds is 7. The first-order valence-corrected chi connectivity index (χ1v) is 9.97. The Kier molecular flexibility index (Phi) is 6.26. The minimum absolute atomic E-state index is 0.0706. The second-order valence-electron chi connectivity index (χ2n) is 6.83. The second-order valence-corrected chi connectivity index (χ2v) is 8.82. The summed E-state index contributed by atoms with van der Waals surface area (Å²) in [5.41, 5.74) is -3.24. The zero-order valence-electron chi connectivity index (χ0n) is 15.4. The van der Waals surface area contributed by atoms with Gasteiger partial charge in [-0.1, -0.05) is 12.1 Å². The lowest BCUT2D eigenvalue weighted by Gasteiger charge is -2.13. The topological polar surface area (TPSA) is 82.8 Å². The quantitative estimate of drug-likeness (QED) is 0.616. The molecule has 0 saturated carbocycles. The van der Waals surface area contributed by atoms with Crippen molar-refractivity contribution in [2.75, 3.05) is 6.61 Å². The van der Waals surface area contributed by atoms with Gasteiger partial charge in [0.15, 0.2) is 27.2 Å². The van der Waals surface area contributed by atoms with Crippen LogP contribution < -0.4 is 4.74 Å². The summed E-state index contributed by atoms with van der Waals surface area (Å²) >= 11 is 0. The van der Waals surface area contributed by atoms with Gasteiger partial charge < -0.3 is 9.57 Å². The number of oxime groups is 1. The van der Waals surface area contributed by atoms with E-state index in [4.69, 9.17) is 9.57 Å². The van der Waals surface area contributed by atoms with Crippen molar-refractivity contribution < 1.29 is 39.9 Å². The maximum absolute atomic E-state index is 13.4. The number of nitrogens with zero attached hydrogens (tertiary/aromatic N) is 3. The summed E-state index contributed by atoms with van der Waals surface area (Å²) in [6.07, 6.45) is -7.77. The number of aromatic nitrogens is 2. The van der Waals surface area contributed by atoms with E-state index in [1.54, 1.807) is 20.8 Å². The molecule has 1 aromatic rings. The Morgan fingerprint density at radius 1 is 1.32 bits per heavy atom. The minimum atomic E-state index is -5.00. The van der Waals surface area contributed by atoms with E-state index in [1.165, 1.54) is 0 Å². The molecule has 0 aromatic carbocycles. The average Bonchev–Trinajstić information content (AvgIpc) is 3.06. The van der Waals surface area contributed by atoms with Crippen LogP contribution >= 0.6 is 0 Å². The predicted octanol–water partition coefficient (Wildman–Crippen LogP) is 3.38. The van der Waals surface area contributed by atoms with Crippen LogP contribution in [0, 0.1) is 0 Å². The number of hydrogen-bond donors (Lipinski definition) is 0. The van der Waals surface area contributed by atoms with Gasteiger partial charge in [0, 0.05) is 13.0 Å². The third kappa shape index (κ3) is 5.11. The lowest BCUT2D eigenvalue weighted by molar-refractivity contribution is -0.142. The van der Waals surface area contributed by atoms with Gasteiger partial charge in [0.05, 0.1) is 11.3 Å². The van der Waals surface area contributed by atoms with Crippen LogP contribution in [0.2, 0.25) is 0 Å². The molecule has 0 unspecified atom stereocenters. The third-order valence-electron chi connectivity index (χ3n) is 3.71. The van der Waals surface area contributed by atoms with E-state index in [9.17, 15) is 30.4 Å². The van der Waals surface area contributed by atoms with Crippen LogP contribution in [-0.2, 0) is 33.1 Å². The molecule has 1 aliphatic heterocycles. The van der Waals surface area contributed by atoms with Gasteiger partial charge in [-0.15, -0.1) is 0 Å². The van der Waals surface area contributed by atoms with Gasteiger partial charge in [-0.25, -0.2) is 21.9 Å². The van der Waals surface area contributed by atoms with Gasteiger partial charge in [0.25, 0.3) is 6.43 Å². The average molecular weight is 433 g/mol. The first kappa shape index (κ1) is 22.4. The van der Waals surface area contributed by atoms with Gasteiger partial charge in [-0.3, -0.25) is 0 Å². The van der Waals surface area contributed by atoms with Crippen molar-refractivity contribution in [2.24, 2.45) is 5.16 Å². The molecule has 0 radical (unpaired) electrons. The first-order valence-electron chi connectivity index (χ1n) is 8.32. The molecular weight excluding hydrogens is 413 g/mol. The van der Waals surface area contributed by atoms with Crippen LogP contribution in [0.4, 0.5) is 22.0 Å². The smallest absolute Gasteiger partial charge is 0.435 e. The van der Waals surface area contributed by atoms with E-state index >= 15 is 0 Å². The largest absolute Gasteiger partial charge is 0.472 e. The van der Waals surface area contributed by atoms with E-state index in [2.05, 4.69) is 10.3 Å². The molecule has 0 bridgehead atoms. The van der Waals surface area contributed by atoms with E-state index in [0.29, 0.717) is 6.42 Å². The molecule has 2 rings (SSSR count). The zero-order valence-corrected chi connectivity index (χ0v) is 16.2. The summed E-state index contributed by atoms with van der Waals surface area (Å²) in [5, 5.41) is 6.41. The molecule has 1 aromatic heterocycles. The molecule has 0 saturated heterocycles. The van der Waals surface area contributed by atoms with Crippen molar-refractivity contribution in [3.63, 3.8) is 0 Å². The number of alkyl halides is 5. The minimum Gasteiger partial charge on any atom is -0.472 e. The molecule has 2 heterocycles. The normalized spacial score (nSPS) is 17.0. The molecule has 0 aliphatic carbocycles. The maximum atomic E-state index is 13.4. The number of hydrogen-bond acceptors (Lipinski definition) is 6. The van der Waals surface area contributed by atoms with Crippen LogP contribution in [0.1, 0.15) is 44.9 Å². The molecule has 0 N–H and O–H groups in total. The molecule has 1 aliphatic rings. The first-order chi connectivity index (χ1) is 12.8. The molecule has 7 nitrogen and oxygen atoms in total. The highest BCUT2D eigenvalue weighted by atomic mass is 32.2. The van der Waals surface area contributed by atoms with E-state index < -0.39 is 62.6 Å². The number of halogens is 5. The van der Waals surface area contributed by atoms with Crippen molar-refractivity contribution in [3.8, 4) is 5.88 Å². The molecule has 0 spiro atoms. The van der Waals surface area contributed by atoms with Crippen LogP contribution in [0.15, 0.2) is 5.16 Å². The Balaban J connectivity index is 2.50.